The van der Waals surface area contributed by atoms with Gasteiger partial charge in [-0.25, -0.2) is 8.78 Å². The van der Waals surface area contributed by atoms with Crippen molar-refractivity contribution in [1.29, 1.82) is 0 Å². The Morgan fingerprint density at radius 3 is 2.41 bits per heavy atom. The Labute approximate surface area is 172 Å². The molecule has 2 N–H and O–H groups in total. The Morgan fingerprint density at radius 1 is 1.07 bits per heavy atom. The fourth-order valence-corrected chi connectivity index (χ4v) is 2.29. The summed E-state index contributed by atoms with van der Waals surface area (Å²) in [5.41, 5.74) is 0.922. The van der Waals surface area contributed by atoms with E-state index in [1.807, 2.05) is 0 Å². The molecule has 0 bridgehead atoms. The van der Waals surface area contributed by atoms with Crippen LogP contribution in [0.4, 0.5) is 17.6 Å². The fraction of sp³-hybridized carbons (Fsp3) is 0.278. The van der Waals surface area contributed by atoms with Gasteiger partial charge in [0.25, 0.3) is 0 Å². The van der Waals surface area contributed by atoms with Gasteiger partial charge in [-0.15, -0.1) is 24.0 Å². The largest absolute Gasteiger partial charge is 0.434 e. The molecular formula is C18H20F4IN3O. The lowest BCUT2D eigenvalue weighted by Gasteiger charge is -2.15. The molecule has 0 unspecified atom stereocenters. The minimum absolute atomic E-state index is 0. The van der Waals surface area contributed by atoms with Gasteiger partial charge in [0.2, 0.25) is 0 Å². The number of nitrogens with one attached hydrogen (secondary N) is 2. The van der Waals surface area contributed by atoms with Crippen molar-refractivity contribution < 1.29 is 22.3 Å². The summed E-state index contributed by atoms with van der Waals surface area (Å²) < 4.78 is 56.0. The van der Waals surface area contributed by atoms with Crippen LogP contribution >= 0.6 is 24.0 Å². The summed E-state index contributed by atoms with van der Waals surface area (Å²) in [5, 5.41) is 5.87. The van der Waals surface area contributed by atoms with Crippen LogP contribution in [0, 0.1) is 11.6 Å². The predicted molar refractivity (Wildman–Crippen MR) is 107 cm³/mol. The van der Waals surface area contributed by atoms with E-state index < -0.39 is 12.4 Å². The quantitative estimate of drug-likeness (QED) is 0.262. The number of benzene rings is 2. The molecule has 0 atom stereocenters. The number of aliphatic imine (C=N–C) groups is 1. The molecule has 0 aliphatic carbocycles. The summed E-state index contributed by atoms with van der Waals surface area (Å²) >= 11 is 0. The van der Waals surface area contributed by atoms with Crippen molar-refractivity contribution in [3.63, 3.8) is 0 Å². The van der Waals surface area contributed by atoms with Gasteiger partial charge >= 0.3 is 6.61 Å². The standard InChI is InChI=1S/C18H19F4N3O.HI/c1-23-18(24-10-9-12-5-7-13(19)8-6-12)25-11-14-15(20)3-2-4-16(14)26-17(21)22;/h2-8,17H,9-11H2,1H3,(H2,23,24,25);1H. The number of rotatable bonds is 7. The molecule has 0 aromatic heterocycles. The van der Waals surface area contributed by atoms with Gasteiger partial charge in [0.05, 0.1) is 0 Å². The van der Waals surface area contributed by atoms with E-state index in [0.29, 0.717) is 18.9 Å². The first kappa shape index (κ1) is 23.0. The maximum Gasteiger partial charge on any atom is 0.387 e. The molecule has 0 fully saturated rings. The molecule has 0 radical (unpaired) electrons. The van der Waals surface area contributed by atoms with Gasteiger partial charge in [-0.05, 0) is 36.2 Å². The summed E-state index contributed by atoms with van der Waals surface area (Å²) in [4.78, 5) is 3.99. The summed E-state index contributed by atoms with van der Waals surface area (Å²) in [6, 6.07) is 9.86. The molecule has 0 aliphatic rings. The number of hydrogen-bond donors (Lipinski definition) is 2. The summed E-state index contributed by atoms with van der Waals surface area (Å²) in [5.74, 6) is -0.809. The molecule has 0 heterocycles. The molecule has 2 rings (SSSR count). The highest BCUT2D eigenvalue weighted by Gasteiger charge is 2.14. The number of halogens is 5. The summed E-state index contributed by atoms with van der Waals surface area (Å²) in [7, 11) is 1.53. The molecule has 0 saturated carbocycles. The van der Waals surface area contributed by atoms with Crippen LogP contribution in [0.15, 0.2) is 47.5 Å². The lowest BCUT2D eigenvalue weighted by Crippen LogP contribution is -2.38. The second kappa shape index (κ2) is 11.6. The molecular weight excluding hydrogens is 477 g/mol. The molecule has 0 amide bonds. The Balaban J connectivity index is 0.00000364. The smallest absolute Gasteiger partial charge is 0.387 e. The van der Waals surface area contributed by atoms with Crippen LogP contribution in [0.1, 0.15) is 11.1 Å². The Morgan fingerprint density at radius 2 is 1.78 bits per heavy atom. The molecule has 9 heteroatoms. The maximum atomic E-state index is 13.9. The molecule has 2 aromatic rings. The first-order valence-electron chi connectivity index (χ1n) is 7.90. The van der Waals surface area contributed by atoms with E-state index in [4.69, 9.17) is 0 Å². The highest BCUT2D eigenvalue weighted by atomic mass is 127. The number of nitrogens with zero attached hydrogens (tertiary/aromatic N) is 1. The van der Waals surface area contributed by atoms with Gasteiger partial charge in [0.1, 0.15) is 17.4 Å². The van der Waals surface area contributed by atoms with Crippen LogP contribution in [-0.2, 0) is 13.0 Å². The Hall–Kier alpha value is -2.04. The van der Waals surface area contributed by atoms with Crippen LogP contribution in [0.5, 0.6) is 5.75 Å². The minimum atomic E-state index is -3.04. The lowest BCUT2D eigenvalue weighted by molar-refractivity contribution is -0.0506. The molecule has 148 valence electrons. The van der Waals surface area contributed by atoms with E-state index >= 15 is 0 Å². The zero-order valence-electron chi connectivity index (χ0n) is 14.5. The minimum Gasteiger partial charge on any atom is -0.434 e. The van der Waals surface area contributed by atoms with Crippen molar-refractivity contribution in [1.82, 2.24) is 10.6 Å². The van der Waals surface area contributed by atoms with E-state index in [9.17, 15) is 17.6 Å². The van der Waals surface area contributed by atoms with E-state index in [0.717, 1.165) is 5.56 Å². The zero-order valence-corrected chi connectivity index (χ0v) is 16.8. The molecule has 0 saturated heterocycles. The maximum absolute atomic E-state index is 13.9. The highest BCUT2D eigenvalue weighted by molar-refractivity contribution is 14.0. The van der Waals surface area contributed by atoms with Crippen LogP contribution in [0.25, 0.3) is 0 Å². The van der Waals surface area contributed by atoms with Crippen molar-refractivity contribution in [2.24, 2.45) is 4.99 Å². The summed E-state index contributed by atoms with van der Waals surface area (Å²) in [6.45, 7) is -2.61. The van der Waals surface area contributed by atoms with Crippen molar-refractivity contribution in [3.05, 3.63) is 65.2 Å². The Kier molecular flexibility index (Phi) is 9.90. The predicted octanol–water partition coefficient (Wildman–Crippen LogP) is 4.09. The van der Waals surface area contributed by atoms with E-state index in [-0.39, 0.29) is 47.7 Å². The molecule has 4 nitrogen and oxygen atoms in total. The average Bonchev–Trinajstić information content (AvgIpc) is 2.60. The van der Waals surface area contributed by atoms with Crippen molar-refractivity contribution in [2.45, 2.75) is 19.6 Å². The Bertz CT molecular complexity index is 742. The first-order valence-corrected chi connectivity index (χ1v) is 7.90. The van der Waals surface area contributed by atoms with E-state index in [1.165, 1.54) is 37.4 Å². The number of guanidine groups is 1. The summed E-state index contributed by atoms with van der Waals surface area (Å²) in [6.07, 6.45) is 0.625. The topological polar surface area (TPSA) is 45.7 Å². The third-order valence-corrected chi connectivity index (χ3v) is 3.57. The molecule has 2 aromatic carbocycles. The second-order valence-electron chi connectivity index (χ2n) is 5.32. The van der Waals surface area contributed by atoms with Crippen LogP contribution < -0.4 is 15.4 Å². The van der Waals surface area contributed by atoms with Crippen LogP contribution in [0.3, 0.4) is 0 Å². The lowest BCUT2D eigenvalue weighted by atomic mass is 10.1. The second-order valence-corrected chi connectivity index (χ2v) is 5.32. The average molecular weight is 497 g/mol. The zero-order chi connectivity index (χ0) is 18.9. The van der Waals surface area contributed by atoms with Crippen LogP contribution in [-0.4, -0.2) is 26.2 Å². The molecule has 0 aliphatic heterocycles. The monoisotopic (exact) mass is 497 g/mol. The van der Waals surface area contributed by atoms with Gasteiger partial charge in [-0.2, -0.15) is 8.78 Å². The third-order valence-electron chi connectivity index (χ3n) is 3.57. The van der Waals surface area contributed by atoms with Gasteiger partial charge < -0.3 is 15.4 Å². The van der Waals surface area contributed by atoms with Gasteiger partial charge in [-0.1, -0.05) is 18.2 Å². The van der Waals surface area contributed by atoms with Crippen LogP contribution in [0.2, 0.25) is 0 Å². The van der Waals surface area contributed by atoms with Crippen molar-refractivity contribution in [3.8, 4) is 5.75 Å². The first-order chi connectivity index (χ1) is 12.5. The molecule has 0 spiro atoms. The van der Waals surface area contributed by atoms with Crippen molar-refractivity contribution in [2.75, 3.05) is 13.6 Å². The van der Waals surface area contributed by atoms with E-state index in [2.05, 4.69) is 20.4 Å². The highest BCUT2D eigenvalue weighted by Crippen LogP contribution is 2.23. The van der Waals surface area contributed by atoms with Gasteiger partial charge in [0.15, 0.2) is 5.96 Å². The SMILES string of the molecule is CN=C(NCCc1ccc(F)cc1)NCc1c(F)cccc1OC(F)F.I. The van der Waals surface area contributed by atoms with Gasteiger partial charge in [0, 0.05) is 25.7 Å². The normalized spacial score (nSPS) is 11.1. The third kappa shape index (κ3) is 7.61. The number of alkyl halides is 2. The van der Waals surface area contributed by atoms with Crippen molar-refractivity contribution >= 4 is 29.9 Å². The fourth-order valence-electron chi connectivity index (χ4n) is 2.29. The molecule has 27 heavy (non-hydrogen) atoms. The van der Waals surface area contributed by atoms with Gasteiger partial charge in [-0.3, -0.25) is 4.99 Å². The number of hydrogen-bond acceptors (Lipinski definition) is 2. The van der Waals surface area contributed by atoms with E-state index in [1.54, 1.807) is 12.1 Å². The number of ether oxygens (including phenoxy) is 1.